The first-order chi connectivity index (χ1) is 16.4. The van der Waals surface area contributed by atoms with Crippen LogP contribution in [0, 0.1) is 29.6 Å². The van der Waals surface area contributed by atoms with Gasteiger partial charge >= 0.3 is 6.18 Å². The summed E-state index contributed by atoms with van der Waals surface area (Å²) in [6.07, 6.45) is -1.87. The van der Waals surface area contributed by atoms with Crippen LogP contribution < -0.4 is 11.1 Å². The zero-order valence-electron chi connectivity index (χ0n) is 18.9. The molecule has 0 fully saturated rings. The molecule has 2 heterocycles. The van der Waals surface area contributed by atoms with Gasteiger partial charge in [-0.15, -0.1) is 0 Å². The van der Waals surface area contributed by atoms with Crippen molar-refractivity contribution in [1.82, 2.24) is 19.5 Å². The molecule has 3 aromatic rings. The van der Waals surface area contributed by atoms with Crippen molar-refractivity contribution in [2.75, 3.05) is 0 Å². The zero-order valence-corrected chi connectivity index (χ0v) is 19.7. The van der Waals surface area contributed by atoms with E-state index in [9.17, 15) is 22.8 Å². The average Bonchev–Trinajstić information content (AvgIpc) is 2.81. The molecule has 2 aromatic heterocycles. The number of hydrogen-bond acceptors (Lipinski definition) is 6. The SMILES string of the molecule is CCC(C)c1cc(Cl)cc(C#N)c1.Cc1c(C(F)(F)F)ncn(Cc2cnc(C#N)[nH]c2=O)c1=O. The Labute approximate surface area is 203 Å². The Morgan fingerprint density at radius 2 is 1.86 bits per heavy atom. The Bertz CT molecular complexity index is 1420. The van der Waals surface area contributed by atoms with E-state index in [-0.39, 0.29) is 17.9 Å². The quantitative estimate of drug-likeness (QED) is 0.564. The first kappa shape index (κ1) is 27.3. The molecule has 1 aromatic carbocycles. The molecule has 1 atom stereocenters. The van der Waals surface area contributed by atoms with Crippen LogP contribution in [-0.2, 0) is 12.7 Å². The van der Waals surface area contributed by atoms with Crippen LogP contribution in [0.25, 0.3) is 0 Å². The summed E-state index contributed by atoms with van der Waals surface area (Å²) in [4.78, 5) is 32.6. The molecule has 0 spiro atoms. The third-order valence-corrected chi connectivity index (χ3v) is 5.30. The molecular formula is C23H20ClF3N6O2. The molecule has 1 unspecified atom stereocenters. The predicted molar refractivity (Wildman–Crippen MR) is 122 cm³/mol. The van der Waals surface area contributed by atoms with Crippen LogP contribution in [0.2, 0.25) is 5.02 Å². The monoisotopic (exact) mass is 504 g/mol. The van der Waals surface area contributed by atoms with Crippen LogP contribution in [0.1, 0.15) is 60.0 Å². The van der Waals surface area contributed by atoms with Gasteiger partial charge in [-0.25, -0.2) is 9.97 Å². The fourth-order valence-electron chi connectivity index (χ4n) is 2.96. The summed E-state index contributed by atoms with van der Waals surface area (Å²) in [6, 6.07) is 9.25. The number of aromatic nitrogens is 4. The lowest BCUT2D eigenvalue weighted by atomic mass is 9.97. The largest absolute Gasteiger partial charge is 0.433 e. The van der Waals surface area contributed by atoms with E-state index in [1.165, 1.54) is 0 Å². The highest BCUT2D eigenvalue weighted by molar-refractivity contribution is 6.30. The molecule has 0 aliphatic carbocycles. The Balaban J connectivity index is 0.000000283. The van der Waals surface area contributed by atoms with Crippen LogP contribution in [0.15, 0.2) is 40.3 Å². The summed E-state index contributed by atoms with van der Waals surface area (Å²) in [6.45, 7) is 4.96. The number of nitrogens with one attached hydrogen (secondary N) is 1. The van der Waals surface area contributed by atoms with Crippen molar-refractivity contribution < 1.29 is 13.2 Å². The maximum atomic E-state index is 12.6. The lowest BCUT2D eigenvalue weighted by Gasteiger charge is -2.11. The van der Waals surface area contributed by atoms with Gasteiger partial charge in [-0.2, -0.15) is 23.7 Å². The van der Waals surface area contributed by atoms with Crippen LogP contribution in [0.4, 0.5) is 13.2 Å². The van der Waals surface area contributed by atoms with E-state index in [0.717, 1.165) is 36.0 Å². The average molecular weight is 505 g/mol. The van der Waals surface area contributed by atoms with Crippen molar-refractivity contribution in [2.24, 2.45) is 0 Å². The highest BCUT2D eigenvalue weighted by Gasteiger charge is 2.35. The smallest absolute Gasteiger partial charge is 0.298 e. The van der Waals surface area contributed by atoms with E-state index in [1.807, 2.05) is 12.1 Å². The molecule has 0 amide bonds. The number of nitriles is 2. The lowest BCUT2D eigenvalue weighted by Crippen LogP contribution is -2.29. The van der Waals surface area contributed by atoms with E-state index in [0.29, 0.717) is 16.5 Å². The van der Waals surface area contributed by atoms with Gasteiger partial charge in [0.1, 0.15) is 6.07 Å². The molecule has 3 rings (SSSR count). The molecule has 8 nitrogen and oxygen atoms in total. The number of H-pyrrole nitrogens is 1. The van der Waals surface area contributed by atoms with Gasteiger partial charge in [0.05, 0.1) is 30.1 Å². The van der Waals surface area contributed by atoms with Crippen molar-refractivity contribution in [3.05, 3.63) is 90.2 Å². The molecule has 12 heteroatoms. The van der Waals surface area contributed by atoms with Crippen LogP contribution >= 0.6 is 11.6 Å². The summed E-state index contributed by atoms with van der Waals surface area (Å²) < 4.78 is 38.7. The molecule has 1 N–H and O–H groups in total. The Kier molecular flexibility index (Phi) is 8.93. The van der Waals surface area contributed by atoms with Gasteiger partial charge < -0.3 is 0 Å². The van der Waals surface area contributed by atoms with Crippen molar-refractivity contribution in [1.29, 1.82) is 10.5 Å². The molecule has 0 radical (unpaired) electrons. The number of rotatable bonds is 4. The molecular weight excluding hydrogens is 485 g/mol. The number of benzene rings is 1. The predicted octanol–water partition coefficient (Wildman–Crippen LogP) is 4.30. The van der Waals surface area contributed by atoms with Crippen molar-refractivity contribution in [3.8, 4) is 12.1 Å². The fourth-order valence-corrected chi connectivity index (χ4v) is 3.21. The highest BCUT2D eigenvalue weighted by atomic mass is 35.5. The second-order valence-electron chi connectivity index (χ2n) is 7.54. The molecule has 0 aliphatic rings. The second-order valence-corrected chi connectivity index (χ2v) is 7.98. The summed E-state index contributed by atoms with van der Waals surface area (Å²) in [5, 5.41) is 18.0. The minimum atomic E-state index is -4.73. The van der Waals surface area contributed by atoms with Crippen molar-refractivity contribution in [2.45, 2.75) is 45.8 Å². The van der Waals surface area contributed by atoms with Gasteiger partial charge in [0, 0.05) is 16.8 Å². The number of aromatic amines is 1. The maximum absolute atomic E-state index is 12.6. The first-order valence-electron chi connectivity index (χ1n) is 10.2. The zero-order chi connectivity index (χ0) is 26.3. The topological polar surface area (TPSA) is 128 Å². The third kappa shape index (κ3) is 7.01. The van der Waals surface area contributed by atoms with Gasteiger partial charge in [-0.1, -0.05) is 25.4 Å². The first-order valence-corrected chi connectivity index (χ1v) is 10.6. The number of halogens is 4. The fraction of sp³-hybridized carbons (Fsp3) is 0.304. The van der Waals surface area contributed by atoms with E-state index in [2.05, 4.69) is 34.9 Å². The Hall–Kier alpha value is -3.96. The van der Waals surface area contributed by atoms with Crippen LogP contribution in [0.3, 0.4) is 0 Å². The summed E-state index contributed by atoms with van der Waals surface area (Å²) in [5.41, 5.74) is -1.59. The Morgan fingerprint density at radius 3 is 2.40 bits per heavy atom. The molecule has 182 valence electrons. The van der Waals surface area contributed by atoms with E-state index in [4.69, 9.17) is 22.1 Å². The molecule has 35 heavy (non-hydrogen) atoms. The van der Waals surface area contributed by atoms with Gasteiger partial charge in [0.25, 0.3) is 11.1 Å². The summed E-state index contributed by atoms with van der Waals surface area (Å²) in [7, 11) is 0. The molecule has 0 aliphatic heterocycles. The lowest BCUT2D eigenvalue weighted by molar-refractivity contribution is -0.141. The number of alkyl halides is 3. The van der Waals surface area contributed by atoms with E-state index in [1.54, 1.807) is 12.1 Å². The summed E-state index contributed by atoms with van der Waals surface area (Å²) in [5.74, 6) is 0.258. The maximum Gasteiger partial charge on any atom is 0.433 e. The highest BCUT2D eigenvalue weighted by Crippen LogP contribution is 2.28. The standard InChI is InChI=1S/C12H8F3N5O2.C11H12ClN/c1-6-9(12(13,14)15)18-5-20(11(6)22)4-7-3-17-8(2-16)19-10(7)21;1-3-8(2)10-4-9(7-13)5-11(12)6-10/h3,5H,4H2,1H3,(H,17,19,21);4-6,8H,3H2,1-2H3. The van der Waals surface area contributed by atoms with Gasteiger partial charge in [0.15, 0.2) is 5.69 Å². The van der Waals surface area contributed by atoms with Gasteiger partial charge in [-0.05, 0) is 43.0 Å². The molecule has 0 bridgehead atoms. The van der Waals surface area contributed by atoms with Crippen molar-refractivity contribution in [3.63, 3.8) is 0 Å². The third-order valence-electron chi connectivity index (χ3n) is 5.08. The minimum absolute atomic E-state index is 0.0158. The van der Waals surface area contributed by atoms with E-state index >= 15 is 0 Å². The minimum Gasteiger partial charge on any atom is -0.298 e. The Morgan fingerprint density at radius 1 is 1.17 bits per heavy atom. The van der Waals surface area contributed by atoms with Crippen LogP contribution in [0.5, 0.6) is 0 Å². The molecule has 0 saturated heterocycles. The number of nitrogens with zero attached hydrogens (tertiary/aromatic N) is 5. The van der Waals surface area contributed by atoms with E-state index < -0.39 is 28.6 Å². The van der Waals surface area contributed by atoms with Crippen molar-refractivity contribution >= 4 is 11.6 Å². The van der Waals surface area contributed by atoms with Gasteiger partial charge in [-0.3, -0.25) is 19.1 Å². The second kappa shape index (κ2) is 11.4. The summed E-state index contributed by atoms with van der Waals surface area (Å²) >= 11 is 5.88. The number of hydrogen-bond donors (Lipinski definition) is 1. The van der Waals surface area contributed by atoms with Crippen LogP contribution in [-0.4, -0.2) is 19.5 Å². The normalized spacial score (nSPS) is 11.6. The molecule has 0 saturated carbocycles. The van der Waals surface area contributed by atoms with Gasteiger partial charge in [0.2, 0.25) is 5.82 Å².